The van der Waals surface area contributed by atoms with Gasteiger partial charge in [0, 0.05) is 12.5 Å². The van der Waals surface area contributed by atoms with Gasteiger partial charge in [-0.2, -0.15) is 0 Å². The molecule has 0 aliphatic heterocycles. The summed E-state index contributed by atoms with van der Waals surface area (Å²) in [4.78, 5) is 4.36. The van der Waals surface area contributed by atoms with Crippen LogP contribution in [0.3, 0.4) is 0 Å². The highest BCUT2D eigenvalue weighted by atomic mass is 15.3. The van der Waals surface area contributed by atoms with Gasteiger partial charge in [0.25, 0.3) is 0 Å². The minimum absolute atomic E-state index is 0.528. The van der Waals surface area contributed by atoms with Gasteiger partial charge < -0.3 is 5.43 Å². The molecule has 0 unspecified atom stereocenters. The molecule has 78 valence electrons. The Hall–Kier alpha value is -0.570. The molecule has 0 aromatic heterocycles. The Balaban J connectivity index is 4.20. The van der Waals surface area contributed by atoms with Gasteiger partial charge in [0.15, 0.2) is 0 Å². The van der Waals surface area contributed by atoms with E-state index in [2.05, 4.69) is 24.3 Å². The number of hydrogen-bond acceptors (Lipinski definition) is 2. The summed E-state index contributed by atoms with van der Waals surface area (Å²) in [6, 6.07) is 0. The quantitative estimate of drug-likeness (QED) is 0.288. The van der Waals surface area contributed by atoms with Crippen molar-refractivity contribution in [3.63, 3.8) is 0 Å². The molecule has 3 heteroatoms. The molecular weight excluding hydrogens is 162 g/mol. The van der Waals surface area contributed by atoms with Crippen molar-refractivity contribution >= 4 is 5.84 Å². The Morgan fingerprint density at radius 1 is 1.23 bits per heavy atom. The van der Waals surface area contributed by atoms with Crippen LogP contribution >= 0.6 is 0 Å². The molecule has 0 rings (SSSR count). The standard InChI is InChI=1S/C10H23N3/c1-4-7-9(8-5-2)10(13-11)12-6-3/h9H,4-8,11H2,1-3H3,(H,12,13). The number of rotatable bonds is 6. The predicted octanol–water partition coefficient (Wildman–Crippen LogP) is 2.08. The molecule has 0 atom stereocenters. The second kappa shape index (κ2) is 8.05. The minimum Gasteiger partial charge on any atom is -0.312 e. The second-order valence-corrected chi connectivity index (χ2v) is 3.28. The number of hydrogen-bond donors (Lipinski definition) is 2. The third-order valence-corrected chi connectivity index (χ3v) is 2.14. The van der Waals surface area contributed by atoms with Crippen LogP contribution in [-0.4, -0.2) is 12.4 Å². The first-order valence-corrected chi connectivity index (χ1v) is 5.31. The van der Waals surface area contributed by atoms with Crippen LogP contribution in [0.15, 0.2) is 4.99 Å². The zero-order valence-corrected chi connectivity index (χ0v) is 9.14. The summed E-state index contributed by atoms with van der Waals surface area (Å²) >= 11 is 0. The van der Waals surface area contributed by atoms with Crippen LogP contribution in [0.1, 0.15) is 46.5 Å². The van der Waals surface area contributed by atoms with E-state index >= 15 is 0 Å². The molecule has 0 aromatic rings. The van der Waals surface area contributed by atoms with Crippen LogP contribution in [0.5, 0.6) is 0 Å². The highest BCUT2D eigenvalue weighted by molar-refractivity contribution is 5.83. The number of nitrogens with one attached hydrogen (secondary N) is 1. The number of hydrazine groups is 1. The monoisotopic (exact) mass is 185 g/mol. The Labute approximate surface area is 81.8 Å². The summed E-state index contributed by atoms with van der Waals surface area (Å²) in [5.74, 6) is 6.95. The summed E-state index contributed by atoms with van der Waals surface area (Å²) in [6.07, 6.45) is 4.73. The Morgan fingerprint density at radius 2 is 1.77 bits per heavy atom. The maximum absolute atomic E-state index is 5.44. The van der Waals surface area contributed by atoms with Gasteiger partial charge in [-0.15, -0.1) is 0 Å². The predicted molar refractivity (Wildman–Crippen MR) is 58.6 cm³/mol. The molecule has 0 aliphatic rings. The van der Waals surface area contributed by atoms with Gasteiger partial charge in [-0.1, -0.05) is 26.7 Å². The van der Waals surface area contributed by atoms with Gasteiger partial charge in [-0.3, -0.25) is 4.99 Å². The van der Waals surface area contributed by atoms with Crippen LogP contribution in [0.4, 0.5) is 0 Å². The molecule has 3 N–H and O–H groups in total. The molecule has 0 heterocycles. The van der Waals surface area contributed by atoms with Crippen molar-refractivity contribution in [2.24, 2.45) is 16.8 Å². The normalized spacial score (nSPS) is 12.2. The average molecular weight is 185 g/mol. The van der Waals surface area contributed by atoms with Crippen molar-refractivity contribution in [1.82, 2.24) is 5.43 Å². The van der Waals surface area contributed by atoms with Crippen molar-refractivity contribution < 1.29 is 0 Å². The molecule has 13 heavy (non-hydrogen) atoms. The van der Waals surface area contributed by atoms with Crippen LogP contribution in [-0.2, 0) is 0 Å². The SMILES string of the molecule is CCCC(CCC)C(=NCC)NN. The van der Waals surface area contributed by atoms with E-state index in [4.69, 9.17) is 5.84 Å². The Bertz CT molecular complexity index is 137. The minimum atomic E-state index is 0.528. The largest absolute Gasteiger partial charge is 0.312 e. The van der Waals surface area contributed by atoms with E-state index in [1.165, 1.54) is 25.7 Å². The molecule has 0 fully saturated rings. The lowest BCUT2D eigenvalue weighted by Gasteiger charge is -2.17. The average Bonchev–Trinajstić information content (AvgIpc) is 2.14. The lowest BCUT2D eigenvalue weighted by molar-refractivity contribution is 0.543. The molecule has 3 nitrogen and oxygen atoms in total. The summed E-state index contributed by atoms with van der Waals surface area (Å²) in [5, 5.41) is 0. The number of nitrogens with two attached hydrogens (primary N) is 1. The fraction of sp³-hybridized carbons (Fsp3) is 0.900. The highest BCUT2D eigenvalue weighted by Gasteiger charge is 2.12. The first kappa shape index (κ1) is 12.4. The maximum atomic E-state index is 5.44. The summed E-state index contributed by atoms with van der Waals surface area (Å²) in [7, 11) is 0. The molecule has 0 amide bonds. The molecule has 0 aromatic carbocycles. The van der Waals surface area contributed by atoms with E-state index in [-0.39, 0.29) is 0 Å². The van der Waals surface area contributed by atoms with Crippen LogP contribution in [0, 0.1) is 5.92 Å². The lowest BCUT2D eigenvalue weighted by Crippen LogP contribution is -2.36. The van der Waals surface area contributed by atoms with Crippen LogP contribution < -0.4 is 11.3 Å². The van der Waals surface area contributed by atoms with Crippen LogP contribution in [0.25, 0.3) is 0 Å². The summed E-state index contributed by atoms with van der Waals surface area (Å²) < 4.78 is 0. The van der Waals surface area contributed by atoms with Gasteiger partial charge in [-0.25, -0.2) is 5.84 Å². The third-order valence-electron chi connectivity index (χ3n) is 2.14. The first-order chi connectivity index (χ1) is 6.29. The highest BCUT2D eigenvalue weighted by Crippen LogP contribution is 2.14. The second-order valence-electron chi connectivity index (χ2n) is 3.28. The van der Waals surface area contributed by atoms with Gasteiger partial charge >= 0.3 is 0 Å². The van der Waals surface area contributed by atoms with Crippen molar-refractivity contribution in [3.8, 4) is 0 Å². The van der Waals surface area contributed by atoms with Gasteiger partial charge in [-0.05, 0) is 19.8 Å². The van der Waals surface area contributed by atoms with Crippen molar-refractivity contribution in [3.05, 3.63) is 0 Å². The third kappa shape index (κ3) is 4.88. The van der Waals surface area contributed by atoms with Crippen LogP contribution in [0.2, 0.25) is 0 Å². The molecular formula is C10H23N3. The van der Waals surface area contributed by atoms with E-state index in [1.807, 2.05) is 6.92 Å². The van der Waals surface area contributed by atoms with Crippen molar-refractivity contribution in [2.45, 2.75) is 46.5 Å². The lowest BCUT2D eigenvalue weighted by atomic mass is 9.97. The summed E-state index contributed by atoms with van der Waals surface area (Å²) in [6.45, 7) is 7.24. The molecule has 0 saturated carbocycles. The zero-order valence-electron chi connectivity index (χ0n) is 9.14. The molecule has 0 radical (unpaired) electrons. The smallest absolute Gasteiger partial charge is 0.113 e. The van der Waals surface area contributed by atoms with E-state index in [9.17, 15) is 0 Å². The zero-order chi connectivity index (χ0) is 10.1. The summed E-state index contributed by atoms with van der Waals surface area (Å²) in [5.41, 5.74) is 2.72. The van der Waals surface area contributed by atoms with E-state index in [0.29, 0.717) is 5.92 Å². The molecule has 0 aliphatic carbocycles. The van der Waals surface area contributed by atoms with Gasteiger partial charge in [0.2, 0.25) is 0 Å². The van der Waals surface area contributed by atoms with Gasteiger partial charge in [0.05, 0.1) is 0 Å². The van der Waals surface area contributed by atoms with Gasteiger partial charge in [0.1, 0.15) is 5.84 Å². The number of aliphatic imine (C=N–C) groups is 1. The Morgan fingerprint density at radius 3 is 2.08 bits per heavy atom. The molecule has 0 saturated heterocycles. The molecule has 0 spiro atoms. The fourth-order valence-electron chi connectivity index (χ4n) is 1.58. The van der Waals surface area contributed by atoms with E-state index in [1.54, 1.807) is 0 Å². The maximum Gasteiger partial charge on any atom is 0.113 e. The number of amidine groups is 1. The van der Waals surface area contributed by atoms with E-state index < -0.39 is 0 Å². The topological polar surface area (TPSA) is 50.4 Å². The van der Waals surface area contributed by atoms with Crippen molar-refractivity contribution in [2.75, 3.05) is 6.54 Å². The fourth-order valence-corrected chi connectivity index (χ4v) is 1.58. The Kier molecular flexibility index (Phi) is 7.69. The number of nitrogens with zero attached hydrogens (tertiary/aromatic N) is 1. The van der Waals surface area contributed by atoms with E-state index in [0.717, 1.165) is 12.4 Å². The van der Waals surface area contributed by atoms with Crippen molar-refractivity contribution in [1.29, 1.82) is 0 Å². The molecule has 0 bridgehead atoms. The first-order valence-electron chi connectivity index (χ1n) is 5.31.